The molecule has 2 heterocycles. The molecule has 1 aliphatic rings. The van der Waals surface area contributed by atoms with Crippen LogP contribution in [0.25, 0.3) is 0 Å². The molecule has 19 heavy (non-hydrogen) atoms. The highest BCUT2D eigenvalue weighted by atomic mass is 16.2. The lowest BCUT2D eigenvalue weighted by molar-refractivity contribution is 0.0878. The Balaban J connectivity index is 1.96. The number of carbonyl (C=O) groups excluding carboxylic acids is 1. The second kappa shape index (κ2) is 5.97. The van der Waals surface area contributed by atoms with E-state index in [1.54, 1.807) is 19.2 Å². The number of hydrogen-bond donors (Lipinski definition) is 2. The highest BCUT2D eigenvalue weighted by molar-refractivity contribution is 5.92. The number of piperidine rings is 1. The molecule has 6 nitrogen and oxygen atoms in total. The van der Waals surface area contributed by atoms with Gasteiger partial charge in [-0.05, 0) is 38.1 Å². The monoisotopic (exact) mass is 263 g/mol. The van der Waals surface area contributed by atoms with Crippen molar-refractivity contribution in [3.8, 4) is 0 Å². The number of nitrogens with zero attached hydrogens (tertiary/aromatic N) is 3. The maximum Gasteiger partial charge on any atom is 0.272 e. The average Bonchev–Trinajstić information content (AvgIpc) is 2.42. The van der Waals surface area contributed by atoms with Crippen LogP contribution in [0.15, 0.2) is 12.1 Å². The number of likely N-dealkylation sites (tertiary alicyclic amines) is 1. The fourth-order valence-corrected chi connectivity index (χ4v) is 2.40. The number of rotatable bonds is 3. The lowest BCUT2D eigenvalue weighted by atomic mass is 9.94. The van der Waals surface area contributed by atoms with Gasteiger partial charge in [-0.1, -0.05) is 6.92 Å². The number of aromatic nitrogens is 2. The molecule has 1 aromatic heterocycles. The quantitative estimate of drug-likeness (QED) is 0.835. The first-order valence-corrected chi connectivity index (χ1v) is 6.61. The molecule has 104 valence electrons. The number of hydrogen-bond acceptors (Lipinski definition) is 5. The Kier molecular flexibility index (Phi) is 4.31. The molecule has 2 N–H and O–H groups in total. The minimum atomic E-state index is -0.142. The number of amides is 1. The van der Waals surface area contributed by atoms with Gasteiger partial charge in [-0.25, -0.2) is 0 Å². The van der Waals surface area contributed by atoms with Crippen LogP contribution in [0, 0.1) is 5.92 Å². The average molecular weight is 263 g/mol. The maximum absolute atomic E-state index is 12.1. The van der Waals surface area contributed by atoms with E-state index in [0.29, 0.717) is 17.4 Å². The van der Waals surface area contributed by atoms with Crippen LogP contribution in [0.3, 0.4) is 0 Å². The van der Waals surface area contributed by atoms with Crippen molar-refractivity contribution in [3.05, 3.63) is 17.8 Å². The highest BCUT2D eigenvalue weighted by Gasteiger charge is 2.26. The second-order valence-electron chi connectivity index (χ2n) is 5.16. The molecular weight excluding hydrogens is 242 g/mol. The minimum absolute atomic E-state index is 0.142. The van der Waals surface area contributed by atoms with E-state index in [9.17, 15) is 4.79 Å². The van der Waals surface area contributed by atoms with E-state index in [4.69, 9.17) is 0 Å². The van der Waals surface area contributed by atoms with E-state index in [1.165, 1.54) is 0 Å². The summed E-state index contributed by atoms with van der Waals surface area (Å²) in [5, 5.41) is 13.8. The van der Waals surface area contributed by atoms with Crippen LogP contribution >= 0.6 is 0 Å². The standard InChI is InChI=1S/C13H21N5O/c1-9-8-18(3)7-6-10(9)15-13(19)11-4-5-12(14-2)17-16-11/h4-5,9-10H,6-8H2,1-3H3,(H,14,17)(H,15,19). The summed E-state index contributed by atoms with van der Waals surface area (Å²) in [6.07, 6.45) is 0.978. The summed E-state index contributed by atoms with van der Waals surface area (Å²) in [5.41, 5.74) is 0.366. The second-order valence-corrected chi connectivity index (χ2v) is 5.16. The summed E-state index contributed by atoms with van der Waals surface area (Å²) >= 11 is 0. The summed E-state index contributed by atoms with van der Waals surface area (Å²) < 4.78 is 0. The fraction of sp³-hybridized carbons (Fsp3) is 0.615. The topological polar surface area (TPSA) is 70.2 Å². The van der Waals surface area contributed by atoms with Crippen LogP contribution in [0.2, 0.25) is 0 Å². The predicted molar refractivity (Wildman–Crippen MR) is 74.1 cm³/mol. The molecule has 1 fully saturated rings. The van der Waals surface area contributed by atoms with Crippen molar-refractivity contribution in [1.29, 1.82) is 0 Å². The largest absolute Gasteiger partial charge is 0.372 e. The van der Waals surface area contributed by atoms with Gasteiger partial charge in [0.25, 0.3) is 5.91 Å². The Morgan fingerprint density at radius 2 is 2.21 bits per heavy atom. The van der Waals surface area contributed by atoms with E-state index in [0.717, 1.165) is 19.5 Å². The summed E-state index contributed by atoms with van der Waals surface area (Å²) in [5.74, 6) is 0.966. The molecule has 1 aliphatic heterocycles. The minimum Gasteiger partial charge on any atom is -0.372 e. The summed E-state index contributed by atoms with van der Waals surface area (Å²) in [7, 11) is 3.88. The number of carbonyl (C=O) groups is 1. The van der Waals surface area contributed by atoms with Crippen molar-refractivity contribution in [2.75, 3.05) is 32.5 Å². The number of nitrogens with one attached hydrogen (secondary N) is 2. The Morgan fingerprint density at radius 3 is 2.79 bits per heavy atom. The molecule has 0 radical (unpaired) electrons. The molecule has 2 unspecified atom stereocenters. The molecule has 1 amide bonds. The fourth-order valence-electron chi connectivity index (χ4n) is 2.40. The van der Waals surface area contributed by atoms with Gasteiger partial charge >= 0.3 is 0 Å². The van der Waals surface area contributed by atoms with Crippen molar-refractivity contribution < 1.29 is 4.79 Å². The molecule has 2 atom stereocenters. The molecule has 1 saturated heterocycles. The Bertz CT molecular complexity index is 433. The molecule has 0 aromatic carbocycles. The lowest BCUT2D eigenvalue weighted by Crippen LogP contribution is -2.49. The first-order chi connectivity index (χ1) is 9.10. The SMILES string of the molecule is CNc1ccc(C(=O)NC2CCN(C)CC2C)nn1. The summed E-state index contributed by atoms with van der Waals surface area (Å²) in [6.45, 7) is 4.19. The van der Waals surface area contributed by atoms with Gasteiger partial charge in [0.2, 0.25) is 0 Å². The zero-order chi connectivity index (χ0) is 13.8. The smallest absolute Gasteiger partial charge is 0.272 e. The van der Waals surface area contributed by atoms with Crippen molar-refractivity contribution in [2.45, 2.75) is 19.4 Å². The van der Waals surface area contributed by atoms with E-state index in [2.05, 4.69) is 39.7 Å². The molecule has 1 aromatic rings. The van der Waals surface area contributed by atoms with Crippen molar-refractivity contribution in [2.24, 2.45) is 5.92 Å². The Morgan fingerprint density at radius 1 is 1.42 bits per heavy atom. The van der Waals surface area contributed by atoms with Crippen molar-refractivity contribution in [1.82, 2.24) is 20.4 Å². The van der Waals surface area contributed by atoms with Crippen molar-refractivity contribution in [3.63, 3.8) is 0 Å². The van der Waals surface area contributed by atoms with Crippen LogP contribution in [0.5, 0.6) is 0 Å². The molecule has 2 rings (SSSR count). The van der Waals surface area contributed by atoms with Crippen LogP contribution in [-0.2, 0) is 0 Å². The van der Waals surface area contributed by atoms with E-state index in [1.807, 2.05) is 0 Å². The molecule has 0 aliphatic carbocycles. The molecule has 0 spiro atoms. The Labute approximate surface area is 113 Å². The van der Waals surface area contributed by atoms with E-state index >= 15 is 0 Å². The Hall–Kier alpha value is -1.69. The van der Waals surface area contributed by atoms with Gasteiger partial charge < -0.3 is 15.5 Å². The molecular formula is C13H21N5O. The van der Waals surface area contributed by atoms with Crippen LogP contribution in [0.1, 0.15) is 23.8 Å². The highest BCUT2D eigenvalue weighted by Crippen LogP contribution is 2.15. The molecule has 0 bridgehead atoms. The van der Waals surface area contributed by atoms with Crippen LogP contribution < -0.4 is 10.6 Å². The van der Waals surface area contributed by atoms with Gasteiger partial charge in [0, 0.05) is 19.6 Å². The van der Waals surface area contributed by atoms with E-state index in [-0.39, 0.29) is 11.9 Å². The van der Waals surface area contributed by atoms with E-state index < -0.39 is 0 Å². The third-order valence-electron chi connectivity index (χ3n) is 3.58. The van der Waals surface area contributed by atoms with Gasteiger partial charge in [0.1, 0.15) is 5.82 Å². The molecule has 0 saturated carbocycles. The summed E-state index contributed by atoms with van der Waals surface area (Å²) in [4.78, 5) is 14.4. The normalized spacial score (nSPS) is 23.9. The van der Waals surface area contributed by atoms with Gasteiger partial charge in [-0.15, -0.1) is 10.2 Å². The number of anilines is 1. The van der Waals surface area contributed by atoms with Gasteiger partial charge in [-0.2, -0.15) is 0 Å². The zero-order valence-electron chi connectivity index (χ0n) is 11.7. The van der Waals surface area contributed by atoms with Gasteiger partial charge in [0.05, 0.1) is 0 Å². The summed E-state index contributed by atoms with van der Waals surface area (Å²) in [6, 6.07) is 3.66. The first-order valence-electron chi connectivity index (χ1n) is 6.61. The third-order valence-corrected chi connectivity index (χ3v) is 3.58. The molecule has 6 heteroatoms. The zero-order valence-corrected chi connectivity index (χ0v) is 11.7. The predicted octanol–water partition coefficient (Wildman–Crippen LogP) is 0.588. The maximum atomic E-state index is 12.1. The lowest BCUT2D eigenvalue weighted by Gasteiger charge is -2.35. The van der Waals surface area contributed by atoms with Crippen molar-refractivity contribution >= 4 is 11.7 Å². The first kappa shape index (κ1) is 13.7. The van der Waals surface area contributed by atoms with Crippen LogP contribution in [-0.4, -0.2) is 54.2 Å². The van der Waals surface area contributed by atoms with Gasteiger partial charge in [-0.3, -0.25) is 4.79 Å². The van der Waals surface area contributed by atoms with Crippen LogP contribution in [0.4, 0.5) is 5.82 Å². The third kappa shape index (κ3) is 3.41. The van der Waals surface area contributed by atoms with Gasteiger partial charge in [0.15, 0.2) is 5.69 Å².